The molecule has 2 heteroatoms. The van der Waals surface area contributed by atoms with Crippen LogP contribution in [0.5, 0.6) is 0 Å². The minimum Gasteiger partial charge on any atom is -0.310 e. The van der Waals surface area contributed by atoms with Gasteiger partial charge >= 0.3 is 0 Å². The van der Waals surface area contributed by atoms with Crippen LogP contribution in [0.25, 0.3) is 0 Å². The summed E-state index contributed by atoms with van der Waals surface area (Å²) in [6.45, 7) is 4.92. The summed E-state index contributed by atoms with van der Waals surface area (Å²) in [5.74, 6) is 0.551. The summed E-state index contributed by atoms with van der Waals surface area (Å²) in [5, 5.41) is 3.46. The Morgan fingerprint density at radius 3 is 2.65 bits per heavy atom. The minimum atomic E-state index is -0.0529. The molecule has 1 aromatic carbocycles. The highest BCUT2D eigenvalue weighted by Crippen LogP contribution is 2.36. The van der Waals surface area contributed by atoms with Gasteiger partial charge in [0.05, 0.1) is 0 Å². The molecule has 17 heavy (non-hydrogen) atoms. The van der Waals surface area contributed by atoms with Crippen molar-refractivity contribution in [3.8, 4) is 0 Å². The zero-order chi connectivity index (χ0) is 12.3. The molecule has 94 valence electrons. The highest BCUT2D eigenvalue weighted by molar-refractivity contribution is 5.26. The van der Waals surface area contributed by atoms with Crippen LogP contribution in [-0.4, -0.2) is 6.54 Å². The first kappa shape index (κ1) is 12.6. The molecule has 1 nitrogen and oxygen atoms in total. The number of hydrogen-bond acceptors (Lipinski definition) is 1. The van der Waals surface area contributed by atoms with Gasteiger partial charge in [0, 0.05) is 11.6 Å². The summed E-state index contributed by atoms with van der Waals surface area (Å²) in [6, 6.07) is 5.81. The Kier molecular flexibility index (Phi) is 4.16. The van der Waals surface area contributed by atoms with Crippen LogP contribution >= 0.6 is 0 Å². The molecule has 1 N–H and O–H groups in total. The summed E-state index contributed by atoms with van der Waals surface area (Å²) < 4.78 is 14.0. The Morgan fingerprint density at radius 2 is 2.06 bits per heavy atom. The summed E-state index contributed by atoms with van der Waals surface area (Å²) in [7, 11) is 0. The second kappa shape index (κ2) is 5.63. The van der Waals surface area contributed by atoms with Crippen LogP contribution in [0, 0.1) is 18.7 Å². The van der Waals surface area contributed by atoms with Crippen LogP contribution < -0.4 is 5.32 Å². The van der Waals surface area contributed by atoms with Crippen LogP contribution in [0.1, 0.15) is 49.8 Å². The van der Waals surface area contributed by atoms with Gasteiger partial charge < -0.3 is 5.32 Å². The Labute approximate surface area is 103 Å². The molecular formula is C15H22FN. The lowest BCUT2D eigenvalue weighted by Crippen LogP contribution is -2.27. The molecule has 0 amide bonds. The third-order valence-corrected chi connectivity index (χ3v) is 3.79. The molecule has 0 radical (unpaired) electrons. The molecule has 1 unspecified atom stereocenters. The van der Waals surface area contributed by atoms with Crippen molar-refractivity contribution < 1.29 is 4.39 Å². The van der Waals surface area contributed by atoms with Gasteiger partial charge in [-0.2, -0.15) is 0 Å². The zero-order valence-electron chi connectivity index (χ0n) is 10.8. The molecule has 1 aliphatic rings. The monoisotopic (exact) mass is 235 g/mol. The first-order chi connectivity index (χ1) is 8.22. The Balaban J connectivity index is 2.24. The van der Waals surface area contributed by atoms with Gasteiger partial charge in [0.1, 0.15) is 5.82 Å². The van der Waals surface area contributed by atoms with Crippen molar-refractivity contribution in [1.29, 1.82) is 0 Å². The van der Waals surface area contributed by atoms with Crippen LogP contribution in [0.3, 0.4) is 0 Å². The van der Waals surface area contributed by atoms with E-state index in [1.165, 1.54) is 25.7 Å². The average molecular weight is 235 g/mol. The van der Waals surface area contributed by atoms with E-state index in [0.29, 0.717) is 5.92 Å². The maximum absolute atomic E-state index is 14.0. The van der Waals surface area contributed by atoms with E-state index in [0.717, 1.165) is 17.7 Å². The van der Waals surface area contributed by atoms with Crippen molar-refractivity contribution in [2.75, 3.05) is 6.54 Å². The summed E-state index contributed by atoms with van der Waals surface area (Å²) in [6.07, 6.45) is 5.04. The molecule has 1 saturated carbocycles. The second-order valence-corrected chi connectivity index (χ2v) is 5.10. The summed E-state index contributed by atoms with van der Waals surface area (Å²) >= 11 is 0. The third-order valence-electron chi connectivity index (χ3n) is 3.79. The number of aryl methyl sites for hydroxylation is 1. The molecule has 0 aromatic heterocycles. The Hall–Kier alpha value is -0.890. The topological polar surface area (TPSA) is 12.0 Å². The maximum atomic E-state index is 14.0. The molecule has 1 fully saturated rings. The fourth-order valence-corrected chi connectivity index (χ4v) is 2.93. The Bertz CT molecular complexity index is 369. The molecule has 1 aromatic rings. The van der Waals surface area contributed by atoms with Crippen LogP contribution in [0.15, 0.2) is 18.2 Å². The number of rotatable bonds is 4. The number of benzene rings is 1. The molecule has 0 aliphatic heterocycles. The third kappa shape index (κ3) is 2.86. The van der Waals surface area contributed by atoms with Crippen molar-refractivity contribution in [2.24, 2.45) is 5.92 Å². The quantitative estimate of drug-likeness (QED) is 0.832. The molecule has 0 heterocycles. The molecule has 2 rings (SSSR count). The standard InChI is InChI=1S/C15H22FN/c1-3-17-15(12-6-4-5-7-12)13-9-8-11(2)10-14(13)16/h8-10,12,15,17H,3-7H2,1-2H3. The van der Waals surface area contributed by atoms with E-state index in [9.17, 15) is 4.39 Å². The molecule has 1 aliphatic carbocycles. The molecule has 1 atom stereocenters. The molecule has 0 bridgehead atoms. The van der Waals surface area contributed by atoms with Gasteiger partial charge in [-0.05, 0) is 43.9 Å². The van der Waals surface area contributed by atoms with Gasteiger partial charge in [0.25, 0.3) is 0 Å². The van der Waals surface area contributed by atoms with Crippen molar-refractivity contribution in [1.82, 2.24) is 5.32 Å². The largest absolute Gasteiger partial charge is 0.310 e. The van der Waals surface area contributed by atoms with Gasteiger partial charge in [-0.25, -0.2) is 4.39 Å². The molecule has 0 spiro atoms. The van der Waals surface area contributed by atoms with Crippen molar-refractivity contribution in [3.05, 3.63) is 35.1 Å². The molecule has 0 saturated heterocycles. The second-order valence-electron chi connectivity index (χ2n) is 5.10. The highest BCUT2D eigenvalue weighted by Gasteiger charge is 2.27. The fraction of sp³-hybridized carbons (Fsp3) is 0.600. The zero-order valence-corrected chi connectivity index (χ0v) is 10.8. The SMILES string of the molecule is CCNC(c1ccc(C)cc1F)C1CCCC1. The van der Waals surface area contributed by atoms with Crippen LogP contribution in [0.4, 0.5) is 4.39 Å². The minimum absolute atomic E-state index is 0.0529. The number of hydrogen-bond donors (Lipinski definition) is 1. The predicted octanol–water partition coefficient (Wildman–Crippen LogP) is 3.97. The van der Waals surface area contributed by atoms with Gasteiger partial charge in [-0.1, -0.05) is 31.9 Å². The lowest BCUT2D eigenvalue weighted by molar-refractivity contribution is 0.363. The first-order valence-electron chi connectivity index (χ1n) is 6.71. The molecular weight excluding hydrogens is 213 g/mol. The van der Waals surface area contributed by atoms with E-state index < -0.39 is 0 Å². The predicted molar refractivity (Wildman–Crippen MR) is 69.5 cm³/mol. The van der Waals surface area contributed by atoms with E-state index in [2.05, 4.69) is 12.2 Å². The van der Waals surface area contributed by atoms with Gasteiger partial charge in [-0.3, -0.25) is 0 Å². The van der Waals surface area contributed by atoms with Crippen molar-refractivity contribution in [2.45, 2.75) is 45.6 Å². The van der Waals surface area contributed by atoms with E-state index >= 15 is 0 Å². The van der Waals surface area contributed by atoms with Crippen LogP contribution in [-0.2, 0) is 0 Å². The van der Waals surface area contributed by atoms with E-state index in [1.807, 2.05) is 19.1 Å². The van der Waals surface area contributed by atoms with Gasteiger partial charge in [-0.15, -0.1) is 0 Å². The summed E-state index contributed by atoms with van der Waals surface area (Å²) in [4.78, 5) is 0. The maximum Gasteiger partial charge on any atom is 0.128 e. The van der Waals surface area contributed by atoms with E-state index in [-0.39, 0.29) is 11.9 Å². The normalized spacial score (nSPS) is 18.5. The smallest absolute Gasteiger partial charge is 0.128 e. The Morgan fingerprint density at radius 1 is 1.35 bits per heavy atom. The van der Waals surface area contributed by atoms with Gasteiger partial charge in [0.15, 0.2) is 0 Å². The van der Waals surface area contributed by atoms with Gasteiger partial charge in [0.2, 0.25) is 0 Å². The van der Waals surface area contributed by atoms with Crippen LogP contribution in [0.2, 0.25) is 0 Å². The lowest BCUT2D eigenvalue weighted by atomic mass is 9.90. The highest BCUT2D eigenvalue weighted by atomic mass is 19.1. The van der Waals surface area contributed by atoms with Crippen molar-refractivity contribution >= 4 is 0 Å². The number of nitrogens with one attached hydrogen (secondary N) is 1. The lowest BCUT2D eigenvalue weighted by Gasteiger charge is -2.25. The van der Waals surface area contributed by atoms with Crippen molar-refractivity contribution in [3.63, 3.8) is 0 Å². The van der Waals surface area contributed by atoms with E-state index in [1.54, 1.807) is 6.07 Å². The van der Waals surface area contributed by atoms with E-state index in [4.69, 9.17) is 0 Å². The summed E-state index contributed by atoms with van der Waals surface area (Å²) in [5.41, 5.74) is 1.84. The fourth-order valence-electron chi connectivity index (χ4n) is 2.93. The average Bonchev–Trinajstić information content (AvgIpc) is 2.80. The number of halogens is 1. The first-order valence-corrected chi connectivity index (χ1v) is 6.71.